The van der Waals surface area contributed by atoms with E-state index in [1.165, 1.54) is 0 Å². The molecule has 1 aromatic carbocycles. The zero-order chi connectivity index (χ0) is 18.0. The highest BCUT2D eigenvalue weighted by Crippen LogP contribution is 2.28. The molecule has 0 aliphatic carbocycles. The molecule has 0 saturated carbocycles. The van der Waals surface area contributed by atoms with Gasteiger partial charge in [-0.15, -0.1) is 0 Å². The number of aromatic nitrogens is 3. The number of esters is 1. The number of ether oxygens (including phenoxy) is 2. The Hall–Kier alpha value is -2.67. The normalized spacial score (nSPS) is 12.6. The molecule has 0 aliphatic rings. The Morgan fingerprint density at radius 1 is 1.28 bits per heavy atom. The molecule has 0 saturated heterocycles. The molecule has 2 aromatic heterocycles. The second-order valence-electron chi connectivity index (χ2n) is 5.91. The molecule has 3 rings (SSSR count). The molecular formula is C18H22N4O3. The Bertz CT molecular complexity index is 919. The van der Waals surface area contributed by atoms with Gasteiger partial charge in [0.2, 0.25) is 0 Å². The molecule has 0 bridgehead atoms. The summed E-state index contributed by atoms with van der Waals surface area (Å²) in [6.45, 7) is 4.72. The van der Waals surface area contributed by atoms with E-state index in [4.69, 9.17) is 15.2 Å². The highest BCUT2D eigenvalue weighted by molar-refractivity contribution is 6.08. The average Bonchev–Trinajstić information content (AvgIpc) is 2.88. The van der Waals surface area contributed by atoms with Crippen molar-refractivity contribution >= 4 is 34.0 Å². The summed E-state index contributed by atoms with van der Waals surface area (Å²) in [5, 5.41) is 0. The first-order chi connectivity index (χ1) is 12.1. The van der Waals surface area contributed by atoms with Gasteiger partial charge in [-0.25, -0.2) is 14.8 Å². The van der Waals surface area contributed by atoms with Crippen LogP contribution in [-0.2, 0) is 16.0 Å². The van der Waals surface area contributed by atoms with Crippen molar-refractivity contribution in [3.05, 3.63) is 29.8 Å². The lowest BCUT2D eigenvalue weighted by molar-refractivity contribution is 0.0337. The smallest absolute Gasteiger partial charge is 0.344 e. The van der Waals surface area contributed by atoms with Gasteiger partial charge in [0.25, 0.3) is 0 Å². The van der Waals surface area contributed by atoms with E-state index < -0.39 is 5.97 Å². The third-order valence-corrected chi connectivity index (χ3v) is 4.20. The number of nitrogens with two attached hydrogens (primary N) is 1. The summed E-state index contributed by atoms with van der Waals surface area (Å²) in [7, 11) is 1.61. The Morgan fingerprint density at radius 2 is 1.96 bits per heavy atom. The second-order valence-corrected chi connectivity index (χ2v) is 5.91. The summed E-state index contributed by atoms with van der Waals surface area (Å²) >= 11 is 0. The maximum absolute atomic E-state index is 12.7. The monoisotopic (exact) mass is 342 g/mol. The van der Waals surface area contributed by atoms with Gasteiger partial charge in [0, 0.05) is 13.7 Å². The predicted octanol–water partition coefficient (Wildman–Crippen LogP) is 2.77. The minimum Gasteiger partial charge on any atom is -0.459 e. The van der Waals surface area contributed by atoms with Crippen molar-refractivity contribution < 1.29 is 14.3 Å². The van der Waals surface area contributed by atoms with Crippen molar-refractivity contribution in [3.63, 3.8) is 0 Å². The van der Waals surface area contributed by atoms with E-state index in [1.54, 1.807) is 11.7 Å². The first kappa shape index (κ1) is 17.2. The molecule has 0 unspecified atom stereocenters. The van der Waals surface area contributed by atoms with Crippen LogP contribution in [0.5, 0.6) is 0 Å². The van der Waals surface area contributed by atoms with Crippen molar-refractivity contribution in [1.82, 2.24) is 14.5 Å². The SMILES string of the molecule is CC[C@H](C)OC(=O)c1c(N)n(CCOC)c2nc3ccccc3nc12. The molecule has 1 atom stereocenters. The maximum atomic E-state index is 12.7. The number of hydrogen-bond acceptors (Lipinski definition) is 6. The quantitative estimate of drug-likeness (QED) is 0.693. The summed E-state index contributed by atoms with van der Waals surface area (Å²) in [5.41, 5.74) is 9.00. The second kappa shape index (κ2) is 7.06. The van der Waals surface area contributed by atoms with E-state index >= 15 is 0 Å². The Labute approximate surface area is 145 Å². The molecule has 0 radical (unpaired) electrons. The number of methoxy groups -OCH3 is 1. The van der Waals surface area contributed by atoms with E-state index in [9.17, 15) is 4.79 Å². The van der Waals surface area contributed by atoms with Gasteiger partial charge in [0.1, 0.15) is 16.9 Å². The predicted molar refractivity (Wildman–Crippen MR) is 96.5 cm³/mol. The molecule has 7 heteroatoms. The lowest BCUT2D eigenvalue weighted by Crippen LogP contribution is -2.16. The first-order valence-corrected chi connectivity index (χ1v) is 8.31. The number of fused-ring (bicyclic) bond motifs is 2. The molecule has 0 fully saturated rings. The number of anilines is 1. The van der Waals surface area contributed by atoms with Crippen LogP contribution in [0.15, 0.2) is 24.3 Å². The molecule has 0 aliphatic heterocycles. The van der Waals surface area contributed by atoms with Gasteiger partial charge in [-0.3, -0.25) is 0 Å². The zero-order valence-corrected chi connectivity index (χ0v) is 14.7. The number of benzene rings is 1. The van der Waals surface area contributed by atoms with Gasteiger partial charge in [-0.05, 0) is 25.5 Å². The first-order valence-electron chi connectivity index (χ1n) is 8.31. The highest BCUT2D eigenvalue weighted by Gasteiger charge is 2.25. The number of para-hydroxylation sites is 2. The number of nitrogen functional groups attached to an aromatic ring is 1. The van der Waals surface area contributed by atoms with Gasteiger partial charge in [-0.1, -0.05) is 19.1 Å². The molecule has 0 spiro atoms. The summed E-state index contributed by atoms with van der Waals surface area (Å²) in [6.07, 6.45) is 0.528. The fourth-order valence-electron chi connectivity index (χ4n) is 2.65. The fourth-order valence-corrected chi connectivity index (χ4v) is 2.65. The molecule has 2 heterocycles. The van der Waals surface area contributed by atoms with Crippen LogP contribution >= 0.6 is 0 Å². The van der Waals surface area contributed by atoms with E-state index in [1.807, 2.05) is 38.1 Å². The van der Waals surface area contributed by atoms with E-state index in [0.29, 0.717) is 35.7 Å². The van der Waals surface area contributed by atoms with Crippen molar-refractivity contribution in [2.45, 2.75) is 32.9 Å². The Balaban J connectivity index is 2.21. The van der Waals surface area contributed by atoms with Crippen LogP contribution in [0.25, 0.3) is 22.2 Å². The lowest BCUT2D eigenvalue weighted by atomic mass is 10.2. The van der Waals surface area contributed by atoms with Crippen LogP contribution in [0, 0.1) is 0 Å². The third kappa shape index (κ3) is 3.15. The highest BCUT2D eigenvalue weighted by atomic mass is 16.5. The van der Waals surface area contributed by atoms with Gasteiger partial charge in [-0.2, -0.15) is 0 Å². The van der Waals surface area contributed by atoms with E-state index in [0.717, 1.165) is 11.9 Å². The minimum absolute atomic E-state index is 0.197. The molecular weight excluding hydrogens is 320 g/mol. The number of carbonyl (C=O) groups excluding carboxylic acids is 1. The van der Waals surface area contributed by atoms with Crippen LogP contribution in [-0.4, -0.2) is 40.3 Å². The molecule has 0 amide bonds. The molecule has 3 aromatic rings. The lowest BCUT2D eigenvalue weighted by Gasteiger charge is -2.11. The van der Waals surface area contributed by atoms with Crippen LogP contribution in [0.3, 0.4) is 0 Å². The molecule has 132 valence electrons. The van der Waals surface area contributed by atoms with Gasteiger partial charge < -0.3 is 19.8 Å². The van der Waals surface area contributed by atoms with Crippen molar-refractivity contribution in [2.75, 3.05) is 19.5 Å². The average molecular weight is 342 g/mol. The van der Waals surface area contributed by atoms with Gasteiger partial charge in [0.15, 0.2) is 5.65 Å². The number of nitrogens with zero attached hydrogens (tertiary/aromatic N) is 3. The zero-order valence-electron chi connectivity index (χ0n) is 14.7. The number of hydrogen-bond donors (Lipinski definition) is 1. The standard InChI is InChI=1S/C18H22N4O3/c1-4-11(2)25-18(23)14-15-17(22(16(14)19)9-10-24-3)21-13-8-6-5-7-12(13)20-15/h5-8,11H,4,9-10,19H2,1-3H3/t11-/m0/s1. The van der Waals surface area contributed by atoms with Crippen molar-refractivity contribution in [2.24, 2.45) is 0 Å². The van der Waals surface area contributed by atoms with Crippen LogP contribution in [0.2, 0.25) is 0 Å². The van der Waals surface area contributed by atoms with Crippen LogP contribution in [0.4, 0.5) is 5.82 Å². The number of rotatable bonds is 6. The fraction of sp³-hybridized carbons (Fsp3) is 0.389. The van der Waals surface area contributed by atoms with E-state index in [2.05, 4.69) is 9.97 Å². The summed E-state index contributed by atoms with van der Waals surface area (Å²) in [5.74, 6) is -0.173. The Kier molecular flexibility index (Phi) is 4.85. The summed E-state index contributed by atoms with van der Waals surface area (Å²) in [6, 6.07) is 7.51. The van der Waals surface area contributed by atoms with Crippen LogP contribution in [0.1, 0.15) is 30.6 Å². The van der Waals surface area contributed by atoms with Crippen molar-refractivity contribution in [1.29, 1.82) is 0 Å². The van der Waals surface area contributed by atoms with E-state index in [-0.39, 0.29) is 11.7 Å². The Morgan fingerprint density at radius 3 is 2.60 bits per heavy atom. The van der Waals surface area contributed by atoms with Gasteiger partial charge >= 0.3 is 5.97 Å². The summed E-state index contributed by atoms with van der Waals surface area (Å²) < 4.78 is 12.4. The third-order valence-electron chi connectivity index (χ3n) is 4.20. The largest absolute Gasteiger partial charge is 0.459 e. The van der Waals surface area contributed by atoms with Crippen LogP contribution < -0.4 is 5.73 Å². The molecule has 7 nitrogen and oxygen atoms in total. The number of carbonyl (C=O) groups is 1. The van der Waals surface area contributed by atoms with Crippen molar-refractivity contribution in [3.8, 4) is 0 Å². The summed E-state index contributed by atoms with van der Waals surface area (Å²) in [4.78, 5) is 21.9. The minimum atomic E-state index is -0.474. The maximum Gasteiger partial charge on any atom is 0.344 e. The molecule has 2 N–H and O–H groups in total. The topological polar surface area (TPSA) is 92.3 Å². The van der Waals surface area contributed by atoms with Gasteiger partial charge in [0.05, 0.1) is 23.7 Å². The molecule has 25 heavy (non-hydrogen) atoms.